The Labute approximate surface area is 179 Å². The normalized spacial score (nSPS) is 14.2. The van der Waals surface area contributed by atoms with Gasteiger partial charge in [-0.2, -0.15) is 0 Å². The van der Waals surface area contributed by atoms with Crippen LogP contribution < -0.4 is 26.7 Å². The second-order valence-electron chi connectivity index (χ2n) is 7.56. The lowest BCUT2D eigenvalue weighted by Crippen LogP contribution is -2.30. The van der Waals surface area contributed by atoms with Gasteiger partial charge in [0.2, 0.25) is 0 Å². The molecule has 1 saturated heterocycles. The third-order valence-electron chi connectivity index (χ3n) is 5.28. The summed E-state index contributed by atoms with van der Waals surface area (Å²) in [5.41, 5.74) is 7.14. The highest BCUT2D eigenvalue weighted by atomic mass is 16.5. The summed E-state index contributed by atoms with van der Waals surface area (Å²) < 4.78 is 5.86. The minimum Gasteiger partial charge on any atom is -0.493 e. The van der Waals surface area contributed by atoms with Gasteiger partial charge in [0.1, 0.15) is 17.3 Å². The van der Waals surface area contributed by atoms with Crippen molar-refractivity contribution in [1.82, 2.24) is 15.3 Å². The molecule has 160 valence electrons. The molecule has 3 aromatic rings. The van der Waals surface area contributed by atoms with E-state index in [4.69, 9.17) is 10.5 Å². The molecule has 0 radical (unpaired) electrons. The van der Waals surface area contributed by atoms with Crippen LogP contribution in [0.2, 0.25) is 0 Å². The van der Waals surface area contributed by atoms with Crippen LogP contribution in [0.4, 0.5) is 11.5 Å². The van der Waals surface area contributed by atoms with Crippen molar-refractivity contribution in [2.75, 3.05) is 30.7 Å². The van der Waals surface area contributed by atoms with E-state index in [-0.39, 0.29) is 11.6 Å². The summed E-state index contributed by atoms with van der Waals surface area (Å²) in [5, 5.41) is 6.00. The van der Waals surface area contributed by atoms with Gasteiger partial charge in [-0.15, -0.1) is 0 Å². The molecule has 0 saturated carbocycles. The molecule has 8 heteroatoms. The van der Waals surface area contributed by atoms with Gasteiger partial charge in [0.05, 0.1) is 12.3 Å². The van der Waals surface area contributed by atoms with Gasteiger partial charge in [0, 0.05) is 17.3 Å². The van der Waals surface area contributed by atoms with Crippen LogP contribution in [-0.2, 0) is 0 Å². The SMILES string of the molecule is Nc1cccc(-c2c[nH]c(=O)c(NC(=O)c3ccc(OCC4CCNCC4)cc3)c2)n1. The summed E-state index contributed by atoms with van der Waals surface area (Å²) in [6.45, 7) is 2.73. The predicted molar refractivity (Wildman–Crippen MR) is 120 cm³/mol. The fourth-order valence-corrected chi connectivity index (χ4v) is 3.50. The first-order chi connectivity index (χ1) is 15.1. The van der Waals surface area contributed by atoms with E-state index in [1.165, 1.54) is 6.20 Å². The molecule has 1 aliphatic rings. The second-order valence-corrected chi connectivity index (χ2v) is 7.56. The number of aromatic amines is 1. The Kier molecular flexibility index (Phi) is 6.28. The quantitative estimate of drug-likeness (QED) is 0.487. The lowest BCUT2D eigenvalue weighted by molar-refractivity contribution is 0.102. The number of carbonyl (C=O) groups excluding carboxylic acids is 1. The molecule has 1 aromatic carbocycles. The van der Waals surface area contributed by atoms with Crippen molar-refractivity contribution in [3.8, 4) is 17.0 Å². The van der Waals surface area contributed by atoms with E-state index in [0.29, 0.717) is 35.2 Å². The van der Waals surface area contributed by atoms with E-state index < -0.39 is 5.56 Å². The number of piperidine rings is 1. The number of hydrogen-bond donors (Lipinski definition) is 4. The molecule has 0 bridgehead atoms. The summed E-state index contributed by atoms with van der Waals surface area (Å²) in [4.78, 5) is 31.7. The van der Waals surface area contributed by atoms with E-state index >= 15 is 0 Å². The molecule has 2 aromatic heterocycles. The van der Waals surface area contributed by atoms with Crippen molar-refractivity contribution >= 4 is 17.4 Å². The van der Waals surface area contributed by atoms with Crippen LogP contribution in [0, 0.1) is 5.92 Å². The zero-order chi connectivity index (χ0) is 21.6. The summed E-state index contributed by atoms with van der Waals surface area (Å²) >= 11 is 0. The molecule has 3 heterocycles. The summed E-state index contributed by atoms with van der Waals surface area (Å²) in [7, 11) is 0. The van der Waals surface area contributed by atoms with Crippen molar-refractivity contribution in [2.24, 2.45) is 5.92 Å². The standard InChI is InChI=1S/C23H25N5O3/c24-21-3-1-2-19(27-21)17-12-20(23(30)26-13-17)28-22(29)16-4-6-18(7-5-16)31-14-15-8-10-25-11-9-15/h1-7,12-13,15,25H,8-11,14H2,(H2,24,27)(H,26,30)(H,28,29). The summed E-state index contributed by atoms with van der Waals surface area (Å²) in [6, 6.07) is 13.7. The number of aromatic nitrogens is 2. The first kappa shape index (κ1) is 20.6. The molecule has 1 fully saturated rings. The topological polar surface area (TPSA) is 122 Å². The lowest BCUT2D eigenvalue weighted by Gasteiger charge is -2.22. The maximum Gasteiger partial charge on any atom is 0.271 e. The van der Waals surface area contributed by atoms with Gasteiger partial charge in [-0.05, 0) is 74.3 Å². The van der Waals surface area contributed by atoms with Crippen LogP contribution in [-0.4, -0.2) is 35.6 Å². The van der Waals surface area contributed by atoms with Crippen LogP contribution in [0.3, 0.4) is 0 Å². The number of benzene rings is 1. The highest BCUT2D eigenvalue weighted by Crippen LogP contribution is 2.20. The highest BCUT2D eigenvalue weighted by molar-refractivity contribution is 6.04. The first-order valence-corrected chi connectivity index (χ1v) is 10.3. The molecule has 8 nitrogen and oxygen atoms in total. The predicted octanol–water partition coefficient (Wildman–Crippen LogP) is 2.65. The highest BCUT2D eigenvalue weighted by Gasteiger charge is 2.14. The van der Waals surface area contributed by atoms with E-state index in [0.717, 1.165) is 31.7 Å². The molecule has 1 aliphatic heterocycles. The third-order valence-corrected chi connectivity index (χ3v) is 5.28. The van der Waals surface area contributed by atoms with Crippen LogP contribution in [0.1, 0.15) is 23.2 Å². The molecule has 0 spiro atoms. The number of nitrogens with zero attached hydrogens (tertiary/aromatic N) is 1. The second kappa shape index (κ2) is 9.44. The van der Waals surface area contributed by atoms with Crippen LogP contribution in [0.5, 0.6) is 5.75 Å². The number of nitrogen functional groups attached to an aromatic ring is 1. The number of H-pyrrole nitrogens is 1. The van der Waals surface area contributed by atoms with Crippen LogP contribution in [0.25, 0.3) is 11.3 Å². The number of pyridine rings is 2. The van der Waals surface area contributed by atoms with Gasteiger partial charge in [-0.25, -0.2) is 4.98 Å². The number of nitrogens with one attached hydrogen (secondary N) is 3. The van der Waals surface area contributed by atoms with E-state index in [1.807, 2.05) is 0 Å². The van der Waals surface area contributed by atoms with Gasteiger partial charge in [-0.3, -0.25) is 9.59 Å². The van der Waals surface area contributed by atoms with Crippen LogP contribution >= 0.6 is 0 Å². The monoisotopic (exact) mass is 419 g/mol. The Balaban J connectivity index is 1.42. The molecule has 0 atom stereocenters. The molecule has 31 heavy (non-hydrogen) atoms. The molecule has 0 unspecified atom stereocenters. The zero-order valence-corrected chi connectivity index (χ0v) is 17.1. The van der Waals surface area contributed by atoms with Crippen molar-refractivity contribution in [2.45, 2.75) is 12.8 Å². The fourth-order valence-electron chi connectivity index (χ4n) is 3.50. The Morgan fingerprint density at radius 2 is 1.94 bits per heavy atom. The molecule has 1 amide bonds. The van der Waals surface area contributed by atoms with Gasteiger partial charge in [0.25, 0.3) is 11.5 Å². The number of anilines is 2. The minimum absolute atomic E-state index is 0.137. The molecule has 0 aliphatic carbocycles. The summed E-state index contributed by atoms with van der Waals surface area (Å²) in [5.74, 6) is 1.27. The molecular weight excluding hydrogens is 394 g/mol. The molecular formula is C23H25N5O3. The van der Waals surface area contributed by atoms with Crippen LogP contribution in [0.15, 0.2) is 59.5 Å². The van der Waals surface area contributed by atoms with E-state index in [2.05, 4.69) is 20.6 Å². The summed E-state index contributed by atoms with van der Waals surface area (Å²) in [6.07, 6.45) is 3.76. The van der Waals surface area contributed by atoms with Gasteiger partial charge >= 0.3 is 0 Å². The number of nitrogens with two attached hydrogens (primary N) is 1. The smallest absolute Gasteiger partial charge is 0.271 e. The fraction of sp³-hybridized carbons (Fsp3) is 0.261. The minimum atomic E-state index is -0.400. The number of rotatable bonds is 6. The average Bonchev–Trinajstić information content (AvgIpc) is 2.80. The van der Waals surface area contributed by atoms with Gasteiger partial charge < -0.3 is 26.1 Å². The van der Waals surface area contributed by atoms with Gasteiger partial charge in [-0.1, -0.05) is 6.07 Å². The van der Waals surface area contributed by atoms with Crippen molar-refractivity contribution in [3.63, 3.8) is 0 Å². The van der Waals surface area contributed by atoms with E-state index in [9.17, 15) is 9.59 Å². The van der Waals surface area contributed by atoms with Crippen molar-refractivity contribution in [3.05, 3.63) is 70.6 Å². The largest absolute Gasteiger partial charge is 0.493 e. The molecule has 5 N–H and O–H groups in total. The zero-order valence-electron chi connectivity index (χ0n) is 17.1. The number of hydrogen-bond acceptors (Lipinski definition) is 6. The third kappa shape index (κ3) is 5.29. The lowest BCUT2D eigenvalue weighted by atomic mass is 9.99. The molecule has 4 rings (SSSR count). The van der Waals surface area contributed by atoms with E-state index in [1.54, 1.807) is 48.5 Å². The Hall–Kier alpha value is -3.65. The Morgan fingerprint density at radius 1 is 1.16 bits per heavy atom. The van der Waals surface area contributed by atoms with Crippen molar-refractivity contribution in [1.29, 1.82) is 0 Å². The Morgan fingerprint density at radius 3 is 2.68 bits per heavy atom. The Bertz CT molecular complexity index is 1100. The number of amides is 1. The average molecular weight is 419 g/mol. The van der Waals surface area contributed by atoms with Gasteiger partial charge in [0.15, 0.2) is 0 Å². The first-order valence-electron chi connectivity index (χ1n) is 10.3. The maximum atomic E-state index is 12.6. The number of carbonyl (C=O) groups is 1. The van der Waals surface area contributed by atoms with Crippen molar-refractivity contribution < 1.29 is 9.53 Å². The maximum absolute atomic E-state index is 12.6. The number of ether oxygens (including phenoxy) is 1.